The van der Waals surface area contributed by atoms with Gasteiger partial charge in [-0.2, -0.15) is 0 Å². The minimum absolute atomic E-state index is 0. The maximum Gasteiger partial charge on any atom is 1.00 e. The van der Waals surface area contributed by atoms with Crippen LogP contribution in [0.4, 0.5) is 0 Å². The van der Waals surface area contributed by atoms with Crippen molar-refractivity contribution in [3.8, 4) is 5.75 Å². The molecule has 1 heterocycles. The molecule has 0 aliphatic carbocycles. The number of nitrogens with zero attached hydrogens (tertiary/aromatic N) is 1. The van der Waals surface area contributed by atoms with Crippen LogP contribution in [0.3, 0.4) is 0 Å². The number of hydrogen-bond donors (Lipinski definition) is 1. The molecular formula is C13H17I2N2NaO. The fourth-order valence-electron chi connectivity index (χ4n) is 2.21. The number of benzene rings is 1. The van der Waals surface area contributed by atoms with Crippen LogP contribution in [-0.4, -0.2) is 31.1 Å². The summed E-state index contributed by atoms with van der Waals surface area (Å²) in [5, 5.41) is 15.5. The van der Waals surface area contributed by atoms with Gasteiger partial charge in [0.25, 0.3) is 0 Å². The first-order chi connectivity index (χ1) is 8.56. The van der Waals surface area contributed by atoms with E-state index in [2.05, 4.69) is 62.4 Å². The summed E-state index contributed by atoms with van der Waals surface area (Å²) in [6.07, 6.45) is 2.34. The molecule has 1 saturated heterocycles. The first kappa shape index (κ1) is 18.4. The number of nitrogens with one attached hydrogen (secondary N) is 1. The van der Waals surface area contributed by atoms with Gasteiger partial charge in [0.05, 0.1) is 0 Å². The Labute approximate surface area is 164 Å². The summed E-state index contributed by atoms with van der Waals surface area (Å²) in [5.74, 6) is 0.177. The van der Waals surface area contributed by atoms with Crippen molar-refractivity contribution in [1.82, 2.24) is 10.2 Å². The van der Waals surface area contributed by atoms with Gasteiger partial charge in [0.1, 0.15) is 0 Å². The van der Waals surface area contributed by atoms with E-state index in [0.29, 0.717) is 12.6 Å². The second kappa shape index (κ2) is 8.75. The third kappa shape index (κ3) is 5.60. The van der Waals surface area contributed by atoms with Crippen molar-refractivity contribution in [2.75, 3.05) is 20.1 Å². The zero-order valence-electron chi connectivity index (χ0n) is 11.4. The average Bonchev–Trinajstić information content (AvgIpc) is 2.34. The molecule has 0 radical (unpaired) electrons. The van der Waals surface area contributed by atoms with Gasteiger partial charge in [0, 0.05) is 19.7 Å². The molecule has 19 heavy (non-hydrogen) atoms. The third-order valence-corrected chi connectivity index (χ3v) is 4.81. The first-order valence-electron chi connectivity index (χ1n) is 6.13. The van der Waals surface area contributed by atoms with Crippen LogP contribution in [-0.2, 0) is 6.54 Å². The van der Waals surface area contributed by atoms with E-state index in [-0.39, 0.29) is 35.3 Å². The molecule has 0 saturated carbocycles. The molecule has 1 aromatic carbocycles. The molecule has 0 atom stereocenters. The van der Waals surface area contributed by atoms with Crippen molar-refractivity contribution in [2.45, 2.75) is 25.4 Å². The van der Waals surface area contributed by atoms with Crippen LogP contribution >= 0.6 is 45.2 Å². The van der Waals surface area contributed by atoms with E-state index in [1.165, 1.54) is 12.8 Å². The molecule has 1 aromatic rings. The van der Waals surface area contributed by atoms with Crippen LogP contribution in [0.15, 0.2) is 12.1 Å². The summed E-state index contributed by atoms with van der Waals surface area (Å²) in [7, 11) is 2.16. The van der Waals surface area contributed by atoms with Gasteiger partial charge < -0.3 is 15.3 Å². The quantitative estimate of drug-likeness (QED) is 0.441. The van der Waals surface area contributed by atoms with Gasteiger partial charge in [-0.1, -0.05) is 5.75 Å². The Balaban J connectivity index is 0.00000180. The number of likely N-dealkylation sites (tertiary alicyclic amines) is 1. The summed E-state index contributed by atoms with van der Waals surface area (Å²) in [6.45, 7) is 2.98. The molecule has 1 aliphatic rings. The van der Waals surface area contributed by atoms with E-state index in [1.807, 2.05) is 12.1 Å². The number of rotatable bonds is 3. The zero-order valence-corrected chi connectivity index (χ0v) is 17.7. The maximum absolute atomic E-state index is 12.0. The van der Waals surface area contributed by atoms with Crippen LogP contribution in [0.5, 0.6) is 5.75 Å². The van der Waals surface area contributed by atoms with Crippen LogP contribution in [0.1, 0.15) is 18.4 Å². The standard InChI is InChI=1S/C13H18I2N2O.Na/c1-17-4-2-11(3-5-17)16-8-9-6-10(14)7-12(15)13(9)18;/h6-7,11,16,18H,2-5,8H2,1H3;/q;+1/p-1. The Morgan fingerprint density at radius 2 is 1.95 bits per heavy atom. The van der Waals surface area contributed by atoms with E-state index in [9.17, 15) is 5.11 Å². The Kier molecular flexibility index (Phi) is 8.49. The maximum atomic E-state index is 12.0. The SMILES string of the molecule is CN1CCC(NCc2cc(I)cc(I)c2[O-])CC1.[Na+]. The average molecular weight is 494 g/mol. The summed E-state index contributed by atoms with van der Waals surface area (Å²) in [6, 6.07) is 4.48. The molecule has 2 rings (SSSR count). The topological polar surface area (TPSA) is 38.3 Å². The van der Waals surface area contributed by atoms with Gasteiger partial charge >= 0.3 is 29.6 Å². The molecule has 1 fully saturated rings. The van der Waals surface area contributed by atoms with Crippen molar-refractivity contribution in [2.24, 2.45) is 0 Å². The van der Waals surface area contributed by atoms with Gasteiger partial charge in [-0.15, -0.1) is 0 Å². The minimum Gasteiger partial charge on any atom is -0.872 e. The fraction of sp³-hybridized carbons (Fsp3) is 0.538. The molecule has 6 heteroatoms. The van der Waals surface area contributed by atoms with Crippen molar-refractivity contribution in [3.63, 3.8) is 0 Å². The summed E-state index contributed by atoms with van der Waals surface area (Å²) in [5.41, 5.74) is 0.894. The van der Waals surface area contributed by atoms with Gasteiger partial charge in [0.2, 0.25) is 0 Å². The molecule has 0 unspecified atom stereocenters. The van der Waals surface area contributed by atoms with E-state index in [4.69, 9.17) is 0 Å². The molecule has 3 nitrogen and oxygen atoms in total. The van der Waals surface area contributed by atoms with E-state index in [1.54, 1.807) is 0 Å². The molecule has 100 valence electrons. The Morgan fingerprint density at radius 1 is 1.32 bits per heavy atom. The smallest absolute Gasteiger partial charge is 0.872 e. The zero-order chi connectivity index (χ0) is 13.1. The first-order valence-corrected chi connectivity index (χ1v) is 8.29. The largest absolute Gasteiger partial charge is 1.00 e. The summed E-state index contributed by atoms with van der Waals surface area (Å²) < 4.78 is 1.96. The number of hydrogen-bond acceptors (Lipinski definition) is 3. The van der Waals surface area contributed by atoms with Crippen LogP contribution in [0.2, 0.25) is 0 Å². The van der Waals surface area contributed by atoms with Crippen molar-refractivity contribution < 1.29 is 34.7 Å². The van der Waals surface area contributed by atoms with Crippen molar-refractivity contribution in [3.05, 3.63) is 24.8 Å². The number of piperidine rings is 1. The van der Waals surface area contributed by atoms with Gasteiger partial charge in [-0.25, -0.2) is 0 Å². The van der Waals surface area contributed by atoms with Crippen LogP contribution in [0, 0.1) is 7.14 Å². The Bertz CT molecular complexity index is 423. The minimum atomic E-state index is 0. The predicted molar refractivity (Wildman–Crippen MR) is 88.7 cm³/mol. The van der Waals surface area contributed by atoms with Crippen molar-refractivity contribution in [1.29, 1.82) is 0 Å². The number of halogens is 2. The normalized spacial score (nSPS) is 17.2. The molecule has 0 spiro atoms. The summed E-state index contributed by atoms with van der Waals surface area (Å²) in [4.78, 5) is 2.35. The molecule has 0 aromatic heterocycles. The van der Waals surface area contributed by atoms with E-state index in [0.717, 1.165) is 25.8 Å². The van der Waals surface area contributed by atoms with Crippen LogP contribution in [0.25, 0.3) is 0 Å². The van der Waals surface area contributed by atoms with Gasteiger partial charge in [-0.05, 0) is 95.9 Å². The molecule has 1 N–H and O–H groups in total. The Morgan fingerprint density at radius 3 is 2.58 bits per heavy atom. The third-order valence-electron chi connectivity index (χ3n) is 3.39. The van der Waals surface area contributed by atoms with Crippen LogP contribution < -0.4 is 40.0 Å². The fourth-order valence-corrected chi connectivity index (χ4v) is 4.18. The molecule has 0 bridgehead atoms. The molecule has 1 aliphatic heterocycles. The molecule has 0 amide bonds. The monoisotopic (exact) mass is 494 g/mol. The van der Waals surface area contributed by atoms with E-state index >= 15 is 0 Å². The molecular weight excluding hydrogens is 477 g/mol. The second-order valence-corrected chi connectivity index (χ2v) is 7.24. The van der Waals surface area contributed by atoms with Gasteiger partial charge in [0.15, 0.2) is 0 Å². The predicted octanol–water partition coefficient (Wildman–Crippen LogP) is -0.843. The van der Waals surface area contributed by atoms with Crippen molar-refractivity contribution >= 4 is 45.2 Å². The Hall–Kier alpha value is 1.40. The summed E-state index contributed by atoms with van der Waals surface area (Å²) >= 11 is 4.39. The van der Waals surface area contributed by atoms with E-state index < -0.39 is 0 Å². The van der Waals surface area contributed by atoms with Gasteiger partial charge in [-0.3, -0.25) is 0 Å². The second-order valence-electron chi connectivity index (χ2n) is 4.83.